The van der Waals surface area contributed by atoms with Crippen LogP contribution < -0.4 is 0 Å². The first-order chi connectivity index (χ1) is 11.8. The van der Waals surface area contributed by atoms with Crippen LogP contribution in [0.1, 0.15) is 97.8 Å². The van der Waals surface area contributed by atoms with E-state index >= 15 is 0 Å². The summed E-state index contributed by atoms with van der Waals surface area (Å²) in [6, 6.07) is 0. The zero-order valence-electron chi connectivity index (χ0n) is 16.7. The number of hydroxylamine groups is 2. The van der Waals surface area contributed by atoms with Gasteiger partial charge in [-0.3, -0.25) is 4.84 Å². The molecule has 3 N–H and O–H groups in total. The molecule has 0 amide bonds. The Kier molecular flexibility index (Phi) is 22.2. The third-order valence-corrected chi connectivity index (χ3v) is 3.83. The van der Waals surface area contributed by atoms with Gasteiger partial charge in [0.05, 0.1) is 6.61 Å². The van der Waals surface area contributed by atoms with E-state index in [9.17, 15) is 0 Å². The van der Waals surface area contributed by atoms with Crippen LogP contribution in [0.4, 0.5) is 0 Å². The van der Waals surface area contributed by atoms with Gasteiger partial charge in [-0.15, -0.1) is 0 Å². The molecule has 0 fully saturated rings. The zero-order chi connectivity index (χ0) is 19.4. The minimum absolute atomic E-state index is 0.811. The molecule has 0 aliphatic heterocycles. The molecule has 0 spiro atoms. The second kappa shape index (κ2) is 20.3. The van der Waals surface area contributed by atoms with E-state index in [-0.39, 0.29) is 0 Å². The lowest BCUT2D eigenvalue weighted by Crippen LogP contribution is -2.26. The Morgan fingerprint density at radius 3 is 1.32 bits per heavy atom. The molecule has 0 atom stereocenters. The largest absolute Gasteiger partial charge is 0.466 e. The van der Waals surface area contributed by atoms with Crippen molar-refractivity contribution in [2.75, 3.05) is 19.7 Å². The van der Waals surface area contributed by atoms with Gasteiger partial charge < -0.3 is 14.7 Å². The summed E-state index contributed by atoms with van der Waals surface area (Å²) in [5.41, 5.74) is 0. The second-order valence-electron chi connectivity index (χ2n) is 6.40. The summed E-state index contributed by atoms with van der Waals surface area (Å²) in [6.07, 6.45) is 16.4. The smallest absolute Gasteiger partial charge is 0.303 e. The van der Waals surface area contributed by atoms with Crippen LogP contribution in [0.2, 0.25) is 0 Å². The summed E-state index contributed by atoms with van der Waals surface area (Å²) in [7, 11) is -4.64. The molecule has 0 radical (unpaired) electrons. The van der Waals surface area contributed by atoms with Crippen molar-refractivity contribution in [1.29, 1.82) is 0 Å². The van der Waals surface area contributed by atoms with Gasteiger partial charge in [-0.1, -0.05) is 78.1 Å². The fraction of sp³-hybridized carbons (Fsp3) is 1.00. The Labute approximate surface area is 155 Å². The summed E-state index contributed by atoms with van der Waals surface area (Å²) in [5.74, 6) is 0. The molecule has 0 bridgehead atoms. The van der Waals surface area contributed by atoms with E-state index in [4.69, 9.17) is 24.1 Å². The summed E-state index contributed by atoms with van der Waals surface area (Å²) in [6.45, 7) is 9.69. The quantitative estimate of drug-likeness (QED) is 0.197. The molecule has 6 nitrogen and oxygen atoms in total. The van der Waals surface area contributed by atoms with Crippen LogP contribution in [0.5, 0.6) is 0 Å². The van der Waals surface area contributed by atoms with Crippen LogP contribution in [0.3, 0.4) is 0 Å². The fourth-order valence-electron chi connectivity index (χ4n) is 2.56. The Morgan fingerprint density at radius 2 is 1.00 bits per heavy atom. The van der Waals surface area contributed by atoms with Gasteiger partial charge in [0.25, 0.3) is 0 Å². The molecule has 0 unspecified atom stereocenters. The first-order valence-corrected chi connectivity index (χ1v) is 11.6. The summed E-state index contributed by atoms with van der Waals surface area (Å²) >= 11 is 0. The normalized spacial score (nSPS) is 11.5. The number of hydrogen-bond acceptors (Lipinski definition) is 3. The van der Waals surface area contributed by atoms with Crippen LogP contribution >= 0.6 is 7.82 Å². The molecule has 0 heterocycles. The van der Waals surface area contributed by atoms with Crippen molar-refractivity contribution in [2.24, 2.45) is 0 Å². The number of phosphoric acid groups is 1. The van der Waals surface area contributed by atoms with Crippen molar-refractivity contribution in [3.05, 3.63) is 0 Å². The monoisotopic (exact) mass is 383 g/mol. The maximum absolute atomic E-state index is 8.88. The number of hydrogen-bond donors (Lipinski definition) is 3. The molecular weight excluding hydrogens is 341 g/mol. The van der Waals surface area contributed by atoms with Gasteiger partial charge in [0.2, 0.25) is 0 Å². The van der Waals surface area contributed by atoms with Crippen molar-refractivity contribution in [3.8, 4) is 0 Å². The average molecular weight is 384 g/mol. The number of nitrogens with zero attached hydrogens (tertiary/aromatic N) is 1. The fourth-order valence-corrected chi connectivity index (χ4v) is 2.56. The van der Waals surface area contributed by atoms with E-state index in [1.165, 1.54) is 77.0 Å². The maximum Gasteiger partial charge on any atom is 0.466 e. The highest BCUT2D eigenvalue weighted by molar-refractivity contribution is 7.45. The molecule has 7 heteroatoms. The molecule has 0 aliphatic carbocycles. The summed E-state index contributed by atoms with van der Waals surface area (Å²) < 4.78 is 8.88. The standard InChI is InChI=1S/C18H39NO.H3O4P/c1-4-7-9-11-13-15-17-19(20-6-3)18-16-14-12-10-8-5-2;1-5(2,3)4/h4-18H2,1-3H3;(H3,1,2,3,4). The number of rotatable bonds is 16. The molecule has 0 saturated heterocycles. The van der Waals surface area contributed by atoms with Gasteiger partial charge in [0, 0.05) is 13.1 Å². The third kappa shape index (κ3) is 32.2. The third-order valence-electron chi connectivity index (χ3n) is 3.83. The van der Waals surface area contributed by atoms with Crippen LogP contribution in [-0.4, -0.2) is 39.4 Å². The first kappa shape index (κ1) is 27.3. The Bertz CT molecular complexity index is 275. The van der Waals surface area contributed by atoms with E-state index in [0.29, 0.717) is 0 Å². The van der Waals surface area contributed by atoms with Crippen molar-refractivity contribution in [2.45, 2.75) is 97.8 Å². The van der Waals surface area contributed by atoms with Crippen molar-refractivity contribution >= 4 is 7.82 Å². The van der Waals surface area contributed by atoms with Crippen molar-refractivity contribution < 1.29 is 24.1 Å². The number of unbranched alkanes of at least 4 members (excludes halogenated alkanes) is 10. The van der Waals surface area contributed by atoms with E-state index < -0.39 is 7.82 Å². The second-order valence-corrected chi connectivity index (χ2v) is 7.42. The topological polar surface area (TPSA) is 90.2 Å². The maximum atomic E-state index is 8.88. The molecule has 0 rings (SSSR count). The SMILES string of the molecule is CCCCCCCCN(CCCCCCCC)OCC.O=P(O)(O)O. The van der Waals surface area contributed by atoms with Crippen LogP contribution in [0.25, 0.3) is 0 Å². The molecule has 25 heavy (non-hydrogen) atoms. The highest BCUT2D eigenvalue weighted by Crippen LogP contribution is 2.25. The molecule has 0 aromatic carbocycles. The lowest BCUT2D eigenvalue weighted by molar-refractivity contribution is -0.155. The van der Waals surface area contributed by atoms with Gasteiger partial charge in [-0.25, -0.2) is 4.57 Å². The first-order valence-electron chi connectivity index (χ1n) is 10.0. The molecule has 154 valence electrons. The lowest BCUT2D eigenvalue weighted by atomic mass is 10.1. The van der Waals surface area contributed by atoms with Gasteiger partial charge >= 0.3 is 7.82 Å². The van der Waals surface area contributed by atoms with Gasteiger partial charge in [0.1, 0.15) is 0 Å². The highest BCUT2D eigenvalue weighted by Gasteiger charge is 2.04. The zero-order valence-corrected chi connectivity index (χ0v) is 17.6. The van der Waals surface area contributed by atoms with Gasteiger partial charge in [0.15, 0.2) is 0 Å². The predicted octanol–water partition coefficient (Wildman–Crippen LogP) is 5.03. The molecule has 0 aromatic rings. The van der Waals surface area contributed by atoms with Crippen LogP contribution in [-0.2, 0) is 9.40 Å². The average Bonchev–Trinajstić information content (AvgIpc) is 2.52. The Hall–Kier alpha value is 0.0300. The highest BCUT2D eigenvalue weighted by atomic mass is 31.2. The Balaban J connectivity index is 0. The minimum atomic E-state index is -4.64. The van der Waals surface area contributed by atoms with E-state index in [0.717, 1.165) is 19.7 Å². The van der Waals surface area contributed by atoms with Crippen molar-refractivity contribution in [3.63, 3.8) is 0 Å². The predicted molar refractivity (Wildman–Crippen MR) is 104 cm³/mol. The van der Waals surface area contributed by atoms with Gasteiger partial charge in [-0.05, 0) is 19.8 Å². The van der Waals surface area contributed by atoms with Crippen LogP contribution in [0.15, 0.2) is 0 Å². The molecular formula is C18H42NO5P. The summed E-state index contributed by atoms with van der Waals surface area (Å²) in [4.78, 5) is 27.3. The van der Waals surface area contributed by atoms with E-state index in [2.05, 4.69) is 25.8 Å². The van der Waals surface area contributed by atoms with Crippen LogP contribution in [0, 0.1) is 0 Å². The minimum Gasteiger partial charge on any atom is -0.303 e. The van der Waals surface area contributed by atoms with Gasteiger partial charge in [-0.2, -0.15) is 5.06 Å². The summed E-state index contributed by atoms with van der Waals surface area (Å²) in [5, 5.41) is 2.21. The molecule has 0 aliphatic rings. The molecule has 0 aromatic heterocycles. The van der Waals surface area contributed by atoms with E-state index in [1.807, 2.05) is 0 Å². The van der Waals surface area contributed by atoms with Crippen molar-refractivity contribution in [1.82, 2.24) is 5.06 Å². The lowest BCUT2D eigenvalue weighted by Gasteiger charge is -2.21. The van der Waals surface area contributed by atoms with E-state index in [1.54, 1.807) is 0 Å². The molecule has 0 saturated carbocycles. The Morgan fingerprint density at radius 1 is 0.680 bits per heavy atom.